The normalized spacial score (nSPS) is 16.1. The lowest BCUT2D eigenvalue weighted by molar-refractivity contribution is -0.275. The maximum atomic E-state index is 14.0. The largest absolute Gasteiger partial charge is 0.463 e. The van der Waals surface area contributed by atoms with Crippen molar-refractivity contribution in [3.05, 3.63) is 202 Å². The Hall–Kier alpha value is -10.0. The summed E-state index contributed by atoms with van der Waals surface area (Å²) in [5.74, 6) is -8.94. The van der Waals surface area contributed by atoms with Crippen LogP contribution in [-0.4, -0.2) is 284 Å². The van der Waals surface area contributed by atoms with Crippen molar-refractivity contribution in [1.82, 2.24) is 102 Å². The molecule has 0 spiro atoms. The lowest BCUT2D eigenvalue weighted by Crippen LogP contribution is -2.57. The summed E-state index contributed by atoms with van der Waals surface area (Å²) in [5, 5.41) is 33.9. The predicted molar refractivity (Wildman–Crippen MR) is 565 cm³/mol. The van der Waals surface area contributed by atoms with Crippen LogP contribution in [0.25, 0.3) is 0 Å². The minimum atomic E-state index is -5.97. The fraction of sp³-hybridized carbons (Fsp3) is 0.553. The third-order valence-electron chi connectivity index (χ3n) is 27.3. The molecule has 32 nitrogen and oxygen atoms in total. The van der Waals surface area contributed by atoms with Crippen LogP contribution in [0.2, 0.25) is 15.5 Å². The number of hydroxylamine groups is 2. The topological polar surface area (TPSA) is 363 Å². The van der Waals surface area contributed by atoms with Gasteiger partial charge in [0.25, 0.3) is 35.4 Å². The second-order valence-electron chi connectivity index (χ2n) is 38.5. The quantitative estimate of drug-likeness (QED) is 0.00765. The lowest BCUT2D eigenvalue weighted by Gasteiger charge is -2.41. The Labute approximate surface area is 889 Å². The molecule has 0 unspecified atom stereocenters. The van der Waals surface area contributed by atoms with Crippen molar-refractivity contribution in [2.24, 2.45) is 0 Å². The van der Waals surface area contributed by atoms with Crippen molar-refractivity contribution in [2.45, 2.75) is 279 Å². The number of halogens is 8. The van der Waals surface area contributed by atoms with Crippen LogP contribution in [0.5, 0.6) is 0 Å². The number of carbonyl (C=O) groups is 10. The van der Waals surface area contributed by atoms with E-state index >= 15 is 0 Å². The Bertz CT molecular complexity index is 5370. The van der Waals surface area contributed by atoms with Gasteiger partial charge in [0.15, 0.2) is 0 Å². The molecule has 0 aromatic carbocycles. The van der Waals surface area contributed by atoms with Crippen LogP contribution in [0.1, 0.15) is 255 Å². The Morgan fingerprint density at radius 2 is 0.735 bits per heavy atom. The van der Waals surface area contributed by atoms with Crippen molar-refractivity contribution < 1.29 is 79.6 Å². The van der Waals surface area contributed by atoms with Gasteiger partial charge in [-0.2, -0.15) is 67.3 Å². The van der Waals surface area contributed by atoms with Crippen molar-refractivity contribution >= 4 is 140 Å². The summed E-state index contributed by atoms with van der Waals surface area (Å²) in [7, 11) is 2.90. The monoisotopic (exact) mass is 2180 g/mol. The summed E-state index contributed by atoms with van der Waals surface area (Å²) in [6, 6.07) is 14.9. The average Bonchev–Trinajstić information content (AvgIpc) is 1.47. The smallest absolute Gasteiger partial charge is 0.352 e. The van der Waals surface area contributed by atoms with Crippen molar-refractivity contribution in [2.75, 3.05) is 92.8 Å². The van der Waals surface area contributed by atoms with Crippen LogP contribution in [-0.2, 0) is 45.4 Å². The highest BCUT2D eigenvalue weighted by atomic mass is 35.5. The number of amides is 12. The molecule has 5 fully saturated rings. The molecule has 4 atom stereocenters. The molecule has 13 rings (SSSR count). The minimum Gasteiger partial charge on any atom is -0.352 e. The molecule has 0 bridgehead atoms. The summed E-state index contributed by atoms with van der Waals surface area (Å²) in [6.45, 7) is 34.6. The van der Waals surface area contributed by atoms with Crippen molar-refractivity contribution in [3.8, 4) is 0 Å². The number of aromatic nitrogens is 4. The van der Waals surface area contributed by atoms with Crippen LogP contribution in [0.4, 0.5) is 31.5 Å². The van der Waals surface area contributed by atoms with Gasteiger partial charge in [0.1, 0.15) is 26.8 Å². The molecule has 147 heavy (non-hydrogen) atoms. The summed E-state index contributed by atoms with van der Waals surface area (Å²) in [4.78, 5) is 167. The lowest BCUT2D eigenvalue weighted by atomic mass is 9.99. The molecular formula is C103H140Cl3F5N20O12S4. The SMILES string of the molecule is CONC(=O)N(Cc1ccsc1)C1CCN([C@H](C)CCNC(=O)c2c(C)cc(C(=O)NC(C)C)nc2C)CC1.CONC(=O)N(Cc1ccsc1)C1CCN([C@H](C)CCNC(=O)c2c(C)cc(C(=O)NC3CC3)nc2C)CC1.Cc1cc(Cl)nc(C)c1C(=O)NCC[C@@H](C)N1CCC(N(C=O)Cc2ccsc2)CC1.Cc1cc(Cl)nc(Cl)c1C(=O)NCC[C@@H](C)N1CCC(N(Cc2ccsc2)C(=O)C(F)(F)C(F)(F)F)CC1. The first-order valence-electron chi connectivity index (χ1n) is 49.8. The van der Waals surface area contributed by atoms with Gasteiger partial charge in [0, 0.05) is 165 Å². The average molecular weight is 2180 g/mol. The highest BCUT2D eigenvalue weighted by Gasteiger charge is 2.65. The summed E-state index contributed by atoms with van der Waals surface area (Å²) in [5.41, 5.74) is 16.1. The number of piperidine rings is 4. The van der Waals surface area contributed by atoms with E-state index in [1.807, 2.05) is 91.4 Å². The van der Waals surface area contributed by atoms with Gasteiger partial charge in [0.05, 0.1) is 53.6 Å². The van der Waals surface area contributed by atoms with E-state index in [4.69, 9.17) is 44.5 Å². The first kappa shape index (κ1) is 119. The Morgan fingerprint density at radius 1 is 0.422 bits per heavy atom. The summed E-state index contributed by atoms with van der Waals surface area (Å²) in [6.07, 6.45) is 6.05. The van der Waals surface area contributed by atoms with Gasteiger partial charge in [-0.15, -0.1) is 0 Å². The fourth-order valence-electron chi connectivity index (χ4n) is 18.9. The molecule has 12 amide bonds. The van der Waals surface area contributed by atoms with E-state index < -0.39 is 30.0 Å². The second-order valence-corrected chi connectivity index (χ2v) is 42.8. The first-order valence-corrected chi connectivity index (χ1v) is 54.7. The minimum absolute atomic E-state index is 0.000254. The molecular weight excluding hydrogens is 2040 g/mol. The third-order valence-corrected chi connectivity index (χ3v) is 30.9. The number of hydrogen-bond donors (Lipinski definition) is 8. The number of nitrogens with one attached hydrogen (secondary N) is 8. The van der Waals surface area contributed by atoms with E-state index in [0.29, 0.717) is 144 Å². The van der Waals surface area contributed by atoms with Crippen LogP contribution in [0.3, 0.4) is 0 Å². The number of hydrogen-bond acceptors (Lipinski definition) is 24. The number of nitrogens with zero attached hydrogens (tertiary/aromatic N) is 12. The Kier molecular flexibility index (Phi) is 46.3. The molecule has 8 aromatic heterocycles. The van der Waals surface area contributed by atoms with Crippen LogP contribution >= 0.6 is 80.1 Å². The number of thiophene rings is 4. The van der Waals surface area contributed by atoms with Gasteiger partial charge in [-0.3, -0.25) is 48.0 Å². The standard InChI is InChI=1S/C28H40N6O4S.C28H42N6O4S.C24H27Cl2F5N4O2S.C23H31ClN4O2S/c1-18-15-24(26(35)31-22-5-6-22)30-20(3)25(18)27(36)29-11-7-19(2)33-12-8-23(9-13-33)34(28(37)32-38-4)16-21-10-14-39-17-21;1-18(2)30-26(35)24-15-19(3)25(21(5)31-24)27(36)29-11-7-20(4)33-12-8-23(9-13-33)34(28(37)32-38-6)16-22-10-14-39-17-22;1-14-11-18(25)33-20(26)19(14)21(36)32-7-3-15(2)34-8-4-17(5-9-34)35(12-16-6-10-38-13-16)22(37)23(27,28)24(29,30)31;1-16-12-21(24)26-18(3)22(16)23(30)25-8-4-17(2)27-9-5-20(6-10-27)28(15-29)13-19-7-11-31-14-19/h10,14-15,17,19,22-23H,5-9,11-13,16H2,1-4H3,(H,29,36)(H,31,35)(H,32,37);10,14-15,17-18,20,23H,7-9,11-13,16H2,1-6H3,(H,29,36)(H,30,35)(H,32,37);6,10-11,13,15,17H,3-5,7-9,12H2,1-2H3,(H,32,36);7,11-12,14-15,17,20H,4-6,8-10,13H2,1-3H3,(H,25,30)/t19-;20-;15-;17-/m1111/s1. The fourth-order valence-corrected chi connectivity index (χ4v) is 22.5. The summed E-state index contributed by atoms with van der Waals surface area (Å²) >= 11 is 24.0. The molecule has 4 aliphatic heterocycles. The zero-order chi connectivity index (χ0) is 107. The van der Waals surface area contributed by atoms with E-state index in [-0.39, 0.29) is 119 Å². The van der Waals surface area contributed by atoms with Gasteiger partial charge in [-0.05, 0) is 316 Å². The van der Waals surface area contributed by atoms with E-state index in [0.717, 1.165) is 144 Å². The molecule has 44 heteroatoms. The molecule has 8 N–H and O–H groups in total. The highest BCUT2D eigenvalue weighted by Crippen LogP contribution is 2.40. The number of aryl methyl sites for hydroxylation is 7. The number of rotatable bonds is 40. The molecule has 4 saturated heterocycles. The molecule has 1 aliphatic carbocycles. The molecule has 804 valence electrons. The van der Waals surface area contributed by atoms with E-state index in [2.05, 4.69) is 125 Å². The van der Waals surface area contributed by atoms with Gasteiger partial charge < -0.3 is 71.1 Å². The van der Waals surface area contributed by atoms with Crippen LogP contribution < -0.4 is 42.9 Å². The van der Waals surface area contributed by atoms with Gasteiger partial charge in [0.2, 0.25) is 6.41 Å². The van der Waals surface area contributed by atoms with Crippen LogP contribution in [0.15, 0.2) is 91.6 Å². The van der Waals surface area contributed by atoms with E-state index in [1.165, 1.54) is 37.2 Å². The number of alkyl halides is 5. The molecule has 1 saturated carbocycles. The van der Waals surface area contributed by atoms with E-state index in [1.54, 1.807) is 89.8 Å². The number of pyridine rings is 4. The van der Waals surface area contributed by atoms with Crippen molar-refractivity contribution in [1.29, 1.82) is 0 Å². The Balaban J connectivity index is 0.000000201. The van der Waals surface area contributed by atoms with Crippen LogP contribution in [0, 0.1) is 48.5 Å². The number of likely N-dealkylation sites (tertiary alicyclic amines) is 4. The number of carbonyl (C=O) groups excluding carboxylic acids is 10. The maximum Gasteiger partial charge on any atom is 0.463 e. The molecule has 0 radical (unpaired) electrons. The van der Waals surface area contributed by atoms with E-state index in [9.17, 15) is 69.9 Å². The molecule has 12 heterocycles. The third kappa shape index (κ3) is 35.0. The Morgan fingerprint density at radius 3 is 1.05 bits per heavy atom. The van der Waals surface area contributed by atoms with Gasteiger partial charge in [-0.1, -0.05) is 34.8 Å². The first-order chi connectivity index (χ1) is 70.0. The number of urea groups is 2. The second kappa shape index (κ2) is 57.3. The van der Waals surface area contributed by atoms with Gasteiger partial charge in [-0.25, -0.2) is 40.5 Å². The molecule has 5 aliphatic rings. The zero-order valence-corrected chi connectivity index (χ0v) is 91.8. The highest BCUT2D eigenvalue weighted by molar-refractivity contribution is 7.08. The zero-order valence-electron chi connectivity index (χ0n) is 86.2. The predicted octanol–water partition coefficient (Wildman–Crippen LogP) is 17.0. The van der Waals surface area contributed by atoms with Gasteiger partial charge >= 0.3 is 30.1 Å². The van der Waals surface area contributed by atoms with Crippen molar-refractivity contribution in [3.63, 3.8) is 0 Å². The summed E-state index contributed by atoms with van der Waals surface area (Å²) < 4.78 is 66.8. The molecule has 8 aromatic rings. The maximum absolute atomic E-state index is 14.0.